The Morgan fingerprint density at radius 2 is 1.76 bits per heavy atom. The fourth-order valence-electron chi connectivity index (χ4n) is 2.83. The zero-order valence-corrected chi connectivity index (χ0v) is 16.9. The highest BCUT2D eigenvalue weighted by Crippen LogP contribution is 2.31. The van der Waals surface area contributed by atoms with Crippen molar-refractivity contribution in [1.82, 2.24) is 15.2 Å². The fourth-order valence-corrected chi connectivity index (χ4v) is 2.83. The molecular weight excluding hydrogens is 370 g/mol. The van der Waals surface area contributed by atoms with Crippen molar-refractivity contribution < 1.29 is 14.2 Å². The van der Waals surface area contributed by atoms with Gasteiger partial charge in [0.25, 0.3) is 0 Å². The molecule has 8 heteroatoms. The van der Waals surface area contributed by atoms with Crippen LogP contribution in [0, 0.1) is 0 Å². The number of nitrogens with two attached hydrogens (primary N) is 1. The molecule has 3 aromatic rings. The highest BCUT2D eigenvalue weighted by Gasteiger charge is 2.17. The minimum atomic E-state index is -0.476. The van der Waals surface area contributed by atoms with Crippen LogP contribution in [0.1, 0.15) is 37.1 Å². The number of benzene rings is 2. The van der Waals surface area contributed by atoms with E-state index in [1.807, 2.05) is 56.3 Å². The van der Waals surface area contributed by atoms with Crippen molar-refractivity contribution in [2.24, 2.45) is 5.73 Å². The van der Waals surface area contributed by atoms with Crippen LogP contribution in [-0.4, -0.2) is 35.5 Å². The van der Waals surface area contributed by atoms with Crippen molar-refractivity contribution in [1.29, 1.82) is 0 Å². The predicted octanol–water partition coefficient (Wildman–Crippen LogP) is 3.27. The molecule has 0 fully saturated rings. The molecule has 0 saturated heterocycles. The topological polar surface area (TPSA) is 107 Å². The molecule has 8 nitrogen and oxygen atoms in total. The second kappa shape index (κ2) is 9.79. The van der Waals surface area contributed by atoms with Gasteiger partial charge in [0.15, 0.2) is 17.3 Å². The monoisotopic (exact) mass is 397 g/mol. The molecule has 0 amide bonds. The molecule has 1 atom stereocenters. The summed E-state index contributed by atoms with van der Waals surface area (Å²) in [7, 11) is 1.64. The Hall–Kier alpha value is -3.26. The third-order valence-electron chi connectivity index (χ3n) is 4.30. The number of anilines is 1. The first-order valence-electron chi connectivity index (χ1n) is 9.58. The Balaban J connectivity index is 1.68. The van der Waals surface area contributed by atoms with E-state index in [0.29, 0.717) is 42.9 Å². The molecule has 2 aromatic carbocycles. The lowest BCUT2D eigenvalue weighted by molar-refractivity contribution is 0.287. The van der Waals surface area contributed by atoms with E-state index in [-0.39, 0.29) is 0 Å². The largest absolute Gasteiger partial charge is 0.497 e. The number of aromatic amines is 1. The predicted molar refractivity (Wildman–Crippen MR) is 112 cm³/mol. The second-order valence-corrected chi connectivity index (χ2v) is 6.27. The maximum absolute atomic E-state index is 6.38. The molecule has 0 radical (unpaired) electrons. The summed E-state index contributed by atoms with van der Waals surface area (Å²) in [6.07, 6.45) is 0. The van der Waals surface area contributed by atoms with Gasteiger partial charge in [-0.25, -0.2) is 4.98 Å². The van der Waals surface area contributed by atoms with Gasteiger partial charge in [-0.1, -0.05) is 6.07 Å². The molecule has 0 aliphatic heterocycles. The van der Waals surface area contributed by atoms with Crippen LogP contribution < -0.4 is 25.3 Å². The maximum Gasteiger partial charge on any atom is 0.171 e. The van der Waals surface area contributed by atoms with Crippen LogP contribution in [0.4, 0.5) is 5.69 Å². The minimum Gasteiger partial charge on any atom is -0.497 e. The Morgan fingerprint density at radius 3 is 2.45 bits per heavy atom. The second-order valence-electron chi connectivity index (χ2n) is 6.27. The number of ether oxygens (including phenoxy) is 3. The molecule has 0 aliphatic rings. The lowest BCUT2D eigenvalue weighted by atomic mass is 10.1. The number of rotatable bonds is 10. The van der Waals surface area contributed by atoms with Crippen molar-refractivity contribution in [3.8, 4) is 17.2 Å². The summed E-state index contributed by atoms with van der Waals surface area (Å²) in [6.45, 7) is 5.47. The average Bonchev–Trinajstić information content (AvgIpc) is 3.23. The van der Waals surface area contributed by atoms with Crippen LogP contribution in [0.5, 0.6) is 17.2 Å². The van der Waals surface area contributed by atoms with Crippen LogP contribution in [0.2, 0.25) is 0 Å². The van der Waals surface area contributed by atoms with Crippen molar-refractivity contribution in [3.63, 3.8) is 0 Å². The van der Waals surface area contributed by atoms with Crippen molar-refractivity contribution in [2.75, 3.05) is 25.6 Å². The van der Waals surface area contributed by atoms with Crippen molar-refractivity contribution in [3.05, 3.63) is 59.7 Å². The van der Waals surface area contributed by atoms with Gasteiger partial charge >= 0.3 is 0 Å². The average molecular weight is 397 g/mol. The molecule has 0 aliphatic carbocycles. The highest BCUT2D eigenvalue weighted by molar-refractivity contribution is 5.46. The zero-order chi connectivity index (χ0) is 20.6. The van der Waals surface area contributed by atoms with Gasteiger partial charge in [-0.3, -0.25) is 5.10 Å². The third kappa shape index (κ3) is 5.17. The summed E-state index contributed by atoms with van der Waals surface area (Å²) in [5.74, 6) is 3.39. The number of nitrogens with zero attached hydrogens (tertiary/aromatic N) is 2. The summed E-state index contributed by atoms with van der Waals surface area (Å²) in [5, 5.41) is 10.5. The van der Waals surface area contributed by atoms with Crippen molar-refractivity contribution in [2.45, 2.75) is 26.4 Å². The molecule has 1 aromatic heterocycles. The van der Waals surface area contributed by atoms with Gasteiger partial charge < -0.3 is 25.3 Å². The van der Waals surface area contributed by atoms with E-state index in [0.717, 1.165) is 17.0 Å². The molecule has 1 heterocycles. The van der Waals surface area contributed by atoms with Gasteiger partial charge in [-0.05, 0) is 55.8 Å². The lowest BCUT2D eigenvalue weighted by Gasteiger charge is -2.14. The summed E-state index contributed by atoms with van der Waals surface area (Å²) >= 11 is 0. The number of aromatic nitrogens is 3. The van der Waals surface area contributed by atoms with Gasteiger partial charge in [0.05, 0.1) is 32.9 Å². The van der Waals surface area contributed by atoms with E-state index in [4.69, 9.17) is 19.9 Å². The van der Waals surface area contributed by atoms with E-state index in [9.17, 15) is 0 Å². The van der Waals surface area contributed by atoms with Gasteiger partial charge in [-0.2, -0.15) is 5.10 Å². The maximum atomic E-state index is 6.38. The first-order valence-corrected chi connectivity index (χ1v) is 9.58. The van der Waals surface area contributed by atoms with E-state index >= 15 is 0 Å². The first kappa shape index (κ1) is 20.5. The van der Waals surface area contributed by atoms with Crippen LogP contribution >= 0.6 is 0 Å². The molecule has 154 valence electrons. The van der Waals surface area contributed by atoms with Crippen LogP contribution in [0.15, 0.2) is 42.5 Å². The first-order chi connectivity index (χ1) is 14.1. The summed E-state index contributed by atoms with van der Waals surface area (Å²) < 4.78 is 16.4. The number of hydrogen-bond donors (Lipinski definition) is 3. The van der Waals surface area contributed by atoms with Crippen molar-refractivity contribution >= 4 is 5.69 Å². The molecule has 4 N–H and O–H groups in total. The minimum absolute atomic E-state index is 0.476. The molecule has 0 bridgehead atoms. The number of H-pyrrole nitrogens is 1. The van der Waals surface area contributed by atoms with Crippen LogP contribution in [0.25, 0.3) is 0 Å². The molecule has 29 heavy (non-hydrogen) atoms. The Labute approximate surface area is 170 Å². The third-order valence-corrected chi connectivity index (χ3v) is 4.30. The fraction of sp³-hybridized carbons (Fsp3) is 0.333. The number of methoxy groups -OCH3 is 1. The SMILES string of the molecule is CCOc1ccc([C@H](N)c2n[nH]c(CNc3ccc(OC)cc3)n2)cc1OCC. The molecular formula is C21H27N5O3. The molecule has 0 spiro atoms. The Kier molecular flexibility index (Phi) is 6.91. The lowest BCUT2D eigenvalue weighted by Crippen LogP contribution is -2.14. The van der Waals surface area contributed by atoms with E-state index in [2.05, 4.69) is 20.5 Å². The molecule has 0 saturated carbocycles. The number of nitrogens with one attached hydrogen (secondary N) is 2. The van der Waals surface area contributed by atoms with Gasteiger partial charge in [0, 0.05) is 5.69 Å². The summed E-state index contributed by atoms with van der Waals surface area (Å²) in [4.78, 5) is 4.52. The summed E-state index contributed by atoms with van der Waals surface area (Å²) in [5.41, 5.74) is 8.19. The Morgan fingerprint density at radius 1 is 1.03 bits per heavy atom. The van der Waals surface area contributed by atoms with E-state index in [1.165, 1.54) is 0 Å². The van der Waals surface area contributed by atoms with E-state index in [1.54, 1.807) is 7.11 Å². The zero-order valence-electron chi connectivity index (χ0n) is 16.9. The van der Waals surface area contributed by atoms with E-state index < -0.39 is 6.04 Å². The normalized spacial score (nSPS) is 11.7. The quantitative estimate of drug-likeness (QED) is 0.482. The van der Waals surface area contributed by atoms with Crippen LogP contribution in [0.3, 0.4) is 0 Å². The standard InChI is InChI=1S/C21H27N5O3/c1-4-28-17-11-6-14(12-18(17)29-5-2)20(22)21-24-19(25-26-21)13-23-15-7-9-16(27-3)10-8-15/h6-12,20,23H,4-5,13,22H2,1-3H3,(H,24,25,26)/t20-/m0/s1. The van der Waals surface area contributed by atoms with Crippen LogP contribution in [-0.2, 0) is 6.54 Å². The smallest absolute Gasteiger partial charge is 0.171 e. The van der Waals surface area contributed by atoms with Gasteiger partial charge in [0.2, 0.25) is 0 Å². The van der Waals surface area contributed by atoms with Gasteiger partial charge in [0.1, 0.15) is 11.6 Å². The molecule has 3 rings (SSSR count). The summed E-state index contributed by atoms with van der Waals surface area (Å²) in [6, 6.07) is 12.8. The molecule has 0 unspecified atom stereocenters. The number of hydrogen-bond acceptors (Lipinski definition) is 7. The highest BCUT2D eigenvalue weighted by atomic mass is 16.5. The Bertz CT molecular complexity index is 911. The van der Waals surface area contributed by atoms with Gasteiger partial charge in [-0.15, -0.1) is 0 Å².